The van der Waals surface area contributed by atoms with Crippen molar-refractivity contribution in [3.8, 4) is 57.1 Å². The van der Waals surface area contributed by atoms with Crippen LogP contribution >= 0.6 is 23.2 Å². The Bertz CT molecular complexity index is 4010. The van der Waals surface area contributed by atoms with Gasteiger partial charge in [-0.2, -0.15) is 0 Å². The Balaban J connectivity index is 1.24. The third-order valence-electron chi connectivity index (χ3n) is 17.4. The van der Waals surface area contributed by atoms with Crippen LogP contribution in [0.3, 0.4) is 0 Å². The summed E-state index contributed by atoms with van der Waals surface area (Å²) in [6, 6.07) is -1.63. The van der Waals surface area contributed by atoms with Crippen LogP contribution in [-0.2, 0) is 52.6 Å². The normalized spacial score (nSPS) is 28.9. The van der Waals surface area contributed by atoms with E-state index in [4.69, 9.17) is 63.1 Å². The van der Waals surface area contributed by atoms with Gasteiger partial charge in [0, 0.05) is 35.2 Å². The largest absolute Gasteiger partial charge is 0.508 e. The van der Waals surface area contributed by atoms with Crippen molar-refractivity contribution in [1.82, 2.24) is 37.2 Å². The maximum Gasteiger partial charge on any atom is 0.330 e. The molecule has 5 aromatic carbocycles. The molecule has 7 aliphatic rings. The molecular formula is C65H73Cl2N9O24. The van der Waals surface area contributed by atoms with Gasteiger partial charge in [0.2, 0.25) is 53.4 Å². The van der Waals surface area contributed by atoms with E-state index in [9.17, 15) is 75.0 Å². The van der Waals surface area contributed by atoms with E-state index in [1.54, 1.807) is 0 Å². The van der Waals surface area contributed by atoms with E-state index in [-0.39, 0.29) is 46.2 Å². The first kappa shape index (κ1) is 73.5. The van der Waals surface area contributed by atoms with E-state index >= 15 is 14.4 Å². The average molecular weight is 1440 g/mol. The minimum Gasteiger partial charge on any atom is -0.508 e. The molecule has 18 atom stereocenters. The van der Waals surface area contributed by atoms with Gasteiger partial charge in [-0.05, 0) is 103 Å². The third kappa shape index (κ3) is 15.6. The van der Waals surface area contributed by atoms with E-state index in [0.29, 0.717) is 0 Å². The number of hydrogen-bond donors (Lipinski definition) is 19. The Morgan fingerprint density at radius 2 is 1.30 bits per heavy atom. The molecule has 0 radical (unpaired) electrons. The zero-order valence-electron chi connectivity index (χ0n) is 53.4. The number of carbonyl (C=O) groups excluding carboxylic acids is 7. The molecule has 35 heteroatoms. The highest BCUT2D eigenvalue weighted by Crippen LogP contribution is 2.50. The maximum absolute atomic E-state index is 16.0. The number of benzene rings is 5. The SMILES string of the molecule is CN[C@H](CC(C)C)C(=O)NC1C(=O)N[C@@H](CC(N)=O)C(=O)N[C@H]2C(=O)N[C@H]3C(=O)N[C@H](C(=O)N[C@@H](C(=O)O)c4cc(O)cc(O)c4-c4cc3ccc4O)[C@H](O)c3ccc(c(Cl)c3)Oc3cc2cc(c3O[C@@H]2O[C@H](CO)[C@@H](O)C(O)C2O[C@H]2CC(N)[C@H](O)[C@H](C)O2)Oc2ccc(cc2Cl)[C@H]1O. The highest BCUT2D eigenvalue weighted by Gasteiger charge is 2.50. The lowest BCUT2D eigenvalue weighted by molar-refractivity contribution is -0.330. The number of hydrogen-bond acceptors (Lipinski definition) is 25. The molecule has 7 amide bonds. The van der Waals surface area contributed by atoms with Crippen LogP contribution in [-0.4, -0.2) is 191 Å². The number of halogens is 2. The number of aromatic hydroxyl groups is 3. The van der Waals surface area contributed by atoms with E-state index in [1.165, 1.54) is 26.1 Å². The van der Waals surface area contributed by atoms with Crippen LogP contribution in [0.5, 0.6) is 46.0 Å². The first-order valence-electron chi connectivity index (χ1n) is 31.3. The van der Waals surface area contributed by atoms with Crippen molar-refractivity contribution in [2.75, 3.05) is 13.7 Å². The summed E-state index contributed by atoms with van der Waals surface area (Å²) in [5, 5.41) is 130. The molecule has 0 spiro atoms. The summed E-state index contributed by atoms with van der Waals surface area (Å²) < 4.78 is 38.1. The van der Waals surface area contributed by atoms with Crippen LogP contribution in [0.25, 0.3) is 11.1 Å². The third-order valence-corrected chi connectivity index (χ3v) is 18.0. The van der Waals surface area contributed by atoms with Crippen molar-refractivity contribution in [3.63, 3.8) is 0 Å². The van der Waals surface area contributed by atoms with Gasteiger partial charge in [-0.15, -0.1) is 0 Å². The molecule has 0 saturated carbocycles. The number of carbonyl (C=O) groups is 8. The van der Waals surface area contributed by atoms with Crippen molar-refractivity contribution in [2.45, 2.75) is 150 Å². The lowest BCUT2D eigenvalue weighted by Gasteiger charge is -2.44. The number of ether oxygens (including phenoxy) is 6. The van der Waals surface area contributed by atoms with Crippen LogP contribution in [0.1, 0.15) is 98.2 Å². The summed E-state index contributed by atoms with van der Waals surface area (Å²) in [7, 11) is 1.47. The molecule has 33 nitrogen and oxygen atoms in total. The highest BCUT2D eigenvalue weighted by atomic mass is 35.5. The number of aliphatic hydroxyl groups is 6. The molecule has 100 heavy (non-hydrogen) atoms. The second-order valence-corrected chi connectivity index (χ2v) is 25.8. The minimum absolute atomic E-state index is 0.0963. The van der Waals surface area contributed by atoms with Crippen molar-refractivity contribution in [2.24, 2.45) is 17.4 Å². The number of fused-ring (bicyclic) bond motifs is 15. The van der Waals surface area contributed by atoms with Gasteiger partial charge in [0.15, 0.2) is 29.9 Å². The maximum atomic E-state index is 16.0. The molecule has 0 aliphatic carbocycles. The summed E-state index contributed by atoms with van der Waals surface area (Å²) in [6.45, 7) is 4.15. The number of carboxylic acids is 1. The Morgan fingerprint density at radius 3 is 1.89 bits per heavy atom. The molecule has 5 aromatic rings. The number of nitrogens with two attached hydrogens (primary N) is 2. The van der Waals surface area contributed by atoms with Gasteiger partial charge in [0.25, 0.3) is 0 Å². The lowest BCUT2D eigenvalue weighted by Crippen LogP contribution is -2.62. The first-order chi connectivity index (χ1) is 47.3. The average Bonchev–Trinajstić information content (AvgIpc) is 0.769. The summed E-state index contributed by atoms with van der Waals surface area (Å²) in [5.41, 5.74) is 9.15. The number of nitrogens with one attached hydrogen (secondary N) is 7. The van der Waals surface area contributed by atoms with Crippen molar-refractivity contribution in [3.05, 3.63) is 117 Å². The zero-order chi connectivity index (χ0) is 72.6. The Hall–Kier alpha value is -9.20. The van der Waals surface area contributed by atoms with E-state index in [2.05, 4.69) is 37.2 Å². The zero-order valence-corrected chi connectivity index (χ0v) is 54.9. The van der Waals surface area contributed by atoms with Gasteiger partial charge in [0.05, 0.1) is 41.3 Å². The fourth-order valence-corrected chi connectivity index (χ4v) is 12.7. The fourth-order valence-electron chi connectivity index (χ4n) is 12.2. The van der Waals surface area contributed by atoms with Crippen LogP contribution in [0.4, 0.5) is 0 Å². The number of carboxylic acid groups (broad SMARTS) is 1. The topological polar surface area (TPSA) is 530 Å². The number of aliphatic hydroxyl groups excluding tert-OH is 6. The van der Waals surface area contributed by atoms with Gasteiger partial charge in [-0.1, -0.05) is 55.2 Å². The smallest absolute Gasteiger partial charge is 0.330 e. The Morgan fingerprint density at radius 1 is 0.690 bits per heavy atom. The van der Waals surface area contributed by atoms with Crippen molar-refractivity contribution >= 4 is 70.5 Å². The van der Waals surface area contributed by atoms with Crippen LogP contribution in [0.15, 0.2) is 78.9 Å². The van der Waals surface area contributed by atoms with Gasteiger partial charge in [-0.3, -0.25) is 33.6 Å². The van der Waals surface area contributed by atoms with Crippen molar-refractivity contribution < 1.29 is 118 Å². The Labute approximate surface area is 577 Å². The summed E-state index contributed by atoms with van der Waals surface area (Å²) in [4.78, 5) is 117. The highest BCUT2D eigenvalue weighted by molar-refractivity contribution is 6.32. The predicted octanol–water partition coefficient (Wildman–Crippen LogP) is -0.284. The molecule has 4 unspecified atom stereocenters. The molecule has 0 aromatic heterocycles. The number of rotatable bonds is 13. The molecular weight excluding hydrogens is 1360 g/mol. The number of primary amides is 1. The van der Waals surface area contributed by atoms with Gasteiger partial charge in [-0.25, -0.2) is 4.79 Å². The van der Waals surface area contributed by atoms with Crippen LogP contribution in [0, 0.1) is 5.92 Å². The second-order valence-electron chi connectivity index (χ2n) is 24.9. The molecule has 12 rings (SSSR count). The quantitative estimate of drug-likeness (QED) is 0.0720. The Kier molecular flexibility index (Phi) is 22.3. The first-order valence-corrected chi connectivity index (χ1v) is 32.0. The number of amides is 7. The molecule has 7 aliphatic heterocycles. The molecule has 7 heterocycles. The summed E-state index contributed by atoms with van der Waals surface area (Å²) in [6.07, 6.45) is -18.3. The van der Waals surface area contributed by atoms with E-state index < -0.39 is 238 Å². The lowest BCUT2D eigenvalue weighted by atomic mass is 9.89. The van der Waals surface area contributed by atoms with Crippen molar-refractivity contribution in [1.29, 1.82) is 0 Å². The minimum atomic E-state index is -2.34. The second kappa shape index (κ2) is 30.3. The summed E-state index contributed by atoms with van der Waals surface area (Å²) in [5.74, 6) is -16.0. The fraction of sp³-hybridized carbons (Fsp3) is 0.415. The molecule has 2 saturated heterocycles. The standard InChI is InChI=1S/C65H73Cl2N9O24/c1-22(2)11-34(70-4)58(87)75-49-52(83)25-6-9-38(31(66)13-25)96-40-15-27-16-41(56(40)100-65-57(55(86)54(85)42(21-77)98-65)99-44-19-33(68)51(82)23(3)95-44)97-39-10-7-26(14-32(39)67)53(84)50-63(92)74-48(64(93)94)30-17-28(78)18-37(80)45(30)29-12-24(5-8-36(29)79)46(60(89)76-50)73-61(90)47(27)72-59(88)35(20-43(69)81)71-62(49)91/h5-10,12-18,22-23,33-35,42,44,46-55,57,65,70,77-80,82-86H,11,19-21,68H2,1-4H3,(H2,69,81)(H,71,91)(H,72,88)(H,73,90)(H,74,92)(H,75,87)(H,76,89)(H,93,94)/t23-,33?,34+,35-,42+,44-,46+,47+,48+,49?,50-,51+,52+,53+,54+,55?,57?,65-/m0/s1. The molecule has 2 fully saturated rings. The number of aliphatic carboxylic acids is 1. The van der Waals surface area contributed by atoms with Crippen LogP contribution in [0.2, 0.25) is 10.0 Å². The number of phenols is 3. The molecule has 11 bridgehead atoms. The van der Waals surface area contributed by atoms with E-state index in [1.807, 2.05) is 13.8 Å². The van der Waals surface area contributed by atoms with Crippen LogP contribution < -0.4 is 62.9 Å². The number of likely N-dealkylation sites (N-methyl/N-ethyl adjacent to an activating group) is 1. The van der Waals surface area contributed by atoms with Gasteiger partial charge >= 0.3 is 5.97 Å². The number of phenolic OH excluding ortho intramolecular Hbond substituents is 3. The predicted molar refractivity (Wildman–Crippen MR) is 345 cm³/mol. The van der Waals surface area contributed by atoms with Gasteiger partial charge < -0.3 is 128 Å². The van der Waals surface area contributed by atoms with Gasteiger partial charge in [0.1, 0.15) is 89.5 Å². The van der Waals surface area contributed by atoms with E-state index in [0.717, 1.165) is 66.7 Å². The summed E-state index contributed by atoms with van der Waals surface area (Å²) >= 11 is 14.1. The molecule has 21 N–H and O–H groups in total. The molecule has 536 valence electrons. The monoisotopic (exact) mass is 1430 g/mol.